The topological polar surface area (TPSA) is 52.6 Å². The van der Waals surface area contributed by atoms with E-state index in [1.54, 1.807) is 0 Å². The molecule has 34 heavy (non-hydrogen) atoms. The van der Waals surface area contributed by atoms with Crippen molar-refractivity contribution >= 4 is 14.7 Å². The molecular weight excluding hydrogens is 504 g/mol. The Morgan fingerprint density at radius 3 is 1.62 bits per heavy atom. The van der Waals surface area contributed by atoms with Gasteiger partial charge in [-0.05, 0) is 32.1 Å². The zero-order chi connectivity index (χ0) is 26.3. The normalized spacial score (nSPS) is 19.1. The van der Waals surface area contributed by atoms with Gasteiger partial charge in [0.1, 0.15) is 12.3 Å². The predicted molar refractivity (Wildman–Crippen MR) is 125 cm³/mol. The van der Waals surface area contributed by atoms with Crippen molar-refractivity contribution in [1.29, 1.82) is 0 Å². The summed E-state index contributed by atoms with van der Waals surface area (Å²) >= 11 is 0. The summed E-state index contributed by atoms with van der Waals surface area (Å²) in [6.07, 6.45) is -3.15. The predicted octanol–water partition coefficient (Wildman–Crippen LogP) is 9.42. The van der Waals surface area contributed by atoms with Gasteiger partial charge in [0.15, 0.2) is 0 Å². The summed E-state index contributed by atoms with van der Waals surface area (Å²) in [5.74, 6) is 0. The van der Waals surface area contributed by atoms with Gasteiger partial charge in [0.25, 0.3) is 0 Å². The molecule has 0 aromatic carbocycles. The molecule has 0 heterocycles. The second kappa shape index (κ2) is 16.7. The van der Waals surface area contributed by atoms with Crippen LogP contribution in [0.15, 0.2) is 0 Å². The third-order valence-corrected chi connectivity index (χ3v) is 11.0. The summed E-state index contributed by atoms with van der Waals surface area (Å²) in [5.41, 5.74) is -0.385. The van der Waals surface area contributed by atoms with Crippen LogP contribution < -0.4 is 0 Å². The van der Waals surface area contributed by atoms with Gasteiger partial charge in [-0.25, -0.2) is 0 Å². The average molecular weight is 547 g/mol. The van der Waals surface area contributed by atoms with E-state index in [-0.39, 0.29) is 25.0 Å². The minimum absolute atomic E-state index is 0.0344. The molecular formula is C22H42F6O4P2. The molecule has 0 aliphatic heterocycles. The summed E-state index contributed by atoms with van der Waals surface area (Å²) in [7, 11) is -7.08. The largest absolute Gasteiger partial charge is 0.398 e. The Kier molecular flexibility index (Phi) is 16.6. The second-order valence-corrected chi connectivity index (χ2v) is 14.2. The van der Waals surface area contributed by atoms with E-state index >= 15 is 0 Å². The Hall–Kier alpha value is -0.0400. The van der Waals surface area contributed by atoms with Crippen molar-refractivity contribution in [3.63, 3.8) is 0 Å². The molecule has 0 saturated heterocycles. The Balaban J connectivity index is 0.000000646. The molecule has 1 fully saturated rings. The van der Waals surface area contributed by atoms with E-state index in [0.29, 0.717) is 32.1 Å². The monoisotopic (exact) mass is 546 g/mol. The van der Waals surface area contributed by atoms with Gasteiger partial charge in [-0.1, -0.05) is 59.3 Å². The van der Waals surface area contributed by atoms with Gasteiger partial charge in [-0.15, -0.1) is 0 Å². The first-order valence-electron chi connectivity index (χ1n) is 12.3. The van der Waals surface area contributed by atoms with Crippen LogP contribution in [-0.2, 0) is 18.2 Å². The maximum absolute atomic E-state index is 12.6. The van der Waals surface area contributed by atoms with Crippen molar-refractivity contribution in [3.05, 3.63) is 0 Å². The smallest absolute Gasteiger partial charge is 0.328 e. The molecule has 4 nitrogen and oxygen atoms in total. The molecule has 1 aliphatic rings. The standard InChI is InChI=1S/C12H22F3O2P.C10H20F3O2P/c1-2-3-9-17-18(16,10-12(13,14)15)11-7-5-4-6-8-11;1-3-5-7-15-16(14,8-6-4-2)9-10(11,12)13/h11H,2-10H2,1H3;3-9H2,1-2H3. The molecule has 0 bridgehead atoms. The molecule has 12 heteroatoms. The van der Waals surface area contributed by atoms with Gasteiger partial charge in [-0.3, -0.25) is 9.13 Å². The highest BCUT2D eigenvalue weighted by atomic mass is 31.2. The van der Waals surface area contributed by atoms with Crippen LogP contribution in [0.5, 0.6) is 0 Å². The van der Waals surface area contributed by atoms with Gasteiger partial charge >= 0.3 is 12.4 Å². The molecule has 0 aromatic rings. The summed E-state index contributed by atoms with van der Waals surface area (Å²) < 4.78 is 109. The molecule has 1 rings (SSSR count). The summed E-state index contributed by atoms with van der Waals surface area (Å²) in [4.78, 5) is 0. The van der Waals surface area contributed by atoms with E-state index in [2.05, 4.69) is 0 Å². The number of rotatable bonds is 14. The third kappa shape index (κ3) is 16.6. The van der Waals surface area contributed by atoms with Gasteiger partial charge in [0.2, 0.25) is 14.7 Å². The van der Waals surface area contributed by atoms with Crippen LogP contribution in [0.4, 0.5) is 26.3 Å². The summed E-state index contributed by atoms with van der Waals surface area (Å²) in [5, 5.41) is 0. The van der Waals surface area contributed by atoms with E-state index in [4.69, 9.17) is 9.05 Å². The minimum atomic E-state index is -4.41. The Bertz CT molecular complexity index is 619. The van der Waals surface area contributed by atoms with Crippen molar-refractivity contribution in [2.24, 2.45) is 0 Å². The number of halogens is 6. The first-order chi connectivity index (χ1) is 15.7. The molecule has 0 radical (unpaired) electrons. The van der Waals surface area contributed by atoms with Crippen LogP contribution in [0.25, 0.3) is 0 Å². The van der Waals surface area contributed by atoms with E-state index in [9.17, 15) is 35.5 Å². The number of hydrogen-bond acceptors (Lipinski definition) is 4. The van der Waals surface area contributed by atoms with E-state index in [0.717, 1.165) is 38.5 Å². The Morgan fingerprint density at radius 1 is 0.706 bits per heavy atom. The van der Waals surface area contributed by atoms with E-state index in [1.165, 1.54) is 0 Å². The van der Waals surface area contributed by atoms with Crippen LogP contribution >= 0.6 is 14.7 Å². The lowest BCUT2D eigenvalue weighted by atomic mass is 10.0. The zero-order valence-electron chi connectivity index (χ0n) is 20.7. The SMILES string of the molecule is CCCCOP(=O)(CC(F)(F)F)C1CCCCC1.CCCCOP(=O)(CCCC)CC(F)(F)F. The lowest BCUT2D eigenvalue weighted by molar-refractivity contribution is -0.109. The highest BCUT2D eigenvalue weighted by Gasteiger charge is 2.45. The first-order valence-corrected chi connectivity index (χ1v) is 16.2. The Labute approximate surface area is 200 Å². The lowest BCUT2D eigenvalue weighted by Gasteiger charge is -2.30. The van der Waals surface area contributed by atoms with Crippen LogP contribution in [0.1, 0.15) is 91.4 Å². The molecule has 0 spiro atoms. The third-order valence-electron chi connectivity index (χ3n) is 5.44. The lowest BCUT2D eigenvalue weighted by Crippen LogP contribution is -2.24. The second-order valence-electron chi connectivity index (χ2n) is 8.83. The fraction of sp³-hybridized carbons (Fsp3) is 1.00. The molecule has 1 aliphatic carbocycles. The average Bonchev–Trinajstić information content (AvgIpc) is 2.71. The molecule has 1 saturated carbocycles. The molecule has 0 amide bonds. The molecule has 0 N–H and O–H groups in total. The number of unbranched alkanes of at least 4 members (excludes halogenated alkanes) is 3. The highest BCUT2D eigenvalue weighted by Crippen LogP contribution is 2.59. The van der Waals surface area contributed by atoms with Crippen molar-refractivity contribution in [2.75, 3.05) is 31.7 Å². The molecule has 206 valence electrons. The van der Waals surface area contributed by atoms with Crippen molar-refractivity contribution < 1.29 is 44.5 Å². The van der Waals surface area contributed by atoms with Crippen LogP contribution in [-0.4, -0.2) is 49.7 Å². The minimum Gasteiger partial charge on any atom is -0.328 e. The molecule has 2 unspecified atom stereocenters. The highest BCUT2D eigenvalue weighted by molar-refractivity contribution is 7.59. The Morgan fingerprint density at radius 2 is 1.18 bits per heavy atom. The number of hydrogen-bond donors (Lipinski definition) is 0. The van der Waals surface area contributed by atoms with Gasteiger partial charge in [0, 0.05) is 11.8 Å². The summed E-state index contributed by atoms with van der Waals surface area (Å²) in [6, 6.07) is 0. The van der Waals surface area contributed by atoms with Gasteiger partial charge in [0.05, 0.1) is 13.2 Å². The zero-order valence-corrected chi connectivity index (χ0v) is 22.5. The maximum Gasteiger partial charge on any atom is 0.398 e. The van der Waals surface area contributed by atoms with Crippen molar-refractivity contribution in [1.82, 2.24) is 0 Å². The van der Waals surface area contributed by atoms with Gasteiger partial charge in [-0.2, -0.15) is 26.3 Å². The van der Waals surface area contributed by atoms with Crippen LogP contribution in [0.3, 0.4) is 0 Å². The fourth-order valence-corrected chi connectivity index (χ4v) is 8.44. The van der Waals surface area contributed by atoms with Crippen molar-refractivity contribution in [2.45, 2.75) is 109 Å². The van der Waals surface area contributed by atoms with E-state index in [1.807, 2.05) is 20.8 Å². The van der Waals surface area contributed by atoms with Crippen LogP contribution in [0, 0.1) is 0 Å². The maximum atomic E-state index is 12.6. The van der Waals surface area contributed by atoms with Crippen molar-refractivity contribution in [3.8, 4) is 0 Å². The quantitative estimate of drug-likeness (QED) is 0.124. The number of alkyl halides is 6. The fourth-order valence-electron chi connectivity index (χ4n) is 3.60. The summed E-state index contributed by atoms with van der Waals surface area (Å²) in [6.45, 7) is 6.03. The molecule has 2 atom stereocenters. The first kappa shape index (κ1) is 34.0. The van der Waals surface area contributed by atoms with Gasteiger partial charge < -0.3 is 9.05 Å². The molecule has 0 aromatic heterocycles. The van der Waals surface area contributed by atoms with E-state index < -0.39 is 39.4 Å². The van der Waals surface area contributed by atoms with Crippen LogP contribution in [0.2, 0.25) is 0 Å².